The molecule has 0 radical (unpaired) electrons. The first-order valence-electron chi connectivity index (χ1n) is 9.56. The predicted molar refractivity (Wildman–Crippen MR) is 107 cm³/mol. The first-order valence-corrected chi connectivity index (χ1v) is 9.56. The van der Waals surface area contributed by atoms with E-state index >= 15 is 0 Å². The summed E-state index contributed by atoms with van der Waals surface area (Å²) >= 11 is 0. The maximum absolute atomic E-state index is 12.6. The number of hydrogen-bond donors (Lipinski definition) is 1. The summed E-state index contributed by atoms with van der Waals surface area (Å²) < 4.78 is 11.9. The first kappa shape index (κ1) is 19.3. The van der Waals surface area contributed by atoms with Gasteiger partial charge in [0.25, 0.3) is 5.91 Å². The van der Waals surface area contributed by atoms with Crippen LogP contribution in [0, 0.1) is 6.92 Å². The van der Waals surface area contributed by atoms with Crippen molar-refractivity contribution in [1.29, 1.82) is 0 Å². The predicted octanol–water partition coefficient (Wildman–Crippen LogP) is 4.92. The highest BCUT2D eigenvalue weighted by Crippen LogP contribution is 2.39. The summed E-state index contributed by atoms with van der Waals surface area (Å²) in [6.07, 6.45) is 0.720. The number of hydrogen-bond acceptors (Lipinski definition) is 3. The summed E-state index contributed by atoms with van der Waals surface area (Å²) in [5, 5.41) is 3.13. The molecule has 1 unspecified atom stereocenters. The number of fused-ring (bicyclic) bond motifs is 1. The average molecular weight is 367 g/mol. The van der Waals surface area contributed by atoms with E-state index in [1.54, 1.807) is 0 Å². The van der Waals surface area contributed by atoms with Crippen molar-refractivity contribution in [2.75, 3.05) is 6.61 Å². The van der Waals surface area contributed by atoms with Gasteiger partial charge < -0.3 is 14.8 Å². The van der Waals surface area contributed by atoms with Crippen molar-refractivity contribution in [2.24, 2.45) is 0 Å². The number of nitrogens with one attached hydrogen (secondary N) is 1. The van der Waals surface area contributed by atoms with Crippen LogP contribution in [0.2, 0.25) is 0 Å². The largest absolute Gasteiger partial charge is 0.487 e. The molecule has 0 aromatic heterocycles. The lowest BCUT2D eigenvalue weighted by molar-refractivity contribution is -0.124. The third-order valence-corrected chi connectivity index (χ3v) is 4.86. The molecule has 1 heterocycles. The Morgan fingerprint density at radius 3 is 2.74 bits per heavy atom. The molecule has 0 saturated heterocycles. The van der Waals surface area contributed by atoms with Gasteiger partial charge in [-0.15, -0.1) is 0 Å². The maximum atomic E-state index is 12.6. The lowest BCUT2D eigenvalue weighted by Gasteiger charge is -2.38. The van der Waals surface area contributed by atoms with Crippen molar-refractivity contribution in [3.63, 3.8) is 0 Å². The SMILES string of the molecule is Cc1ccc2c(c1)OC(C)(C)CC2NC(=O)COc1ccccc1C(C)C. The number of amides is 1. The highest BCUT2D eigenvalue weighted by Gasteiger charge is 2.34. The average Bonchev–Trinajstić information content (AvgIpc) is 2.58. The molecule has 144 valence electrons. The van der Waals surface area contributed by atoms with Gasteiger partial charge in [-0.05, 0) is 49.9 Å². The van der Waals surface area contributed by atoms with E-state index in [9.17, 15) is 4.79 Å². The van der Waals surface area contributed by atoms with Crippen LogP contribution in [0.5, 0.6) is 11.5 Å². The second-order valence-corrected chi connectivity index (χ2v) is 8.21. The fourth-order valence-corrected chi connectivity index (χ4v) is 3.56. The number of ether oxygens (including phenoxy) is 2. The van der Waals surface area contributed by atoms with Gasteiger partial charge in [0.1, 0.15) is 17.1 Å². The van der Waals surface area contributed by atoms with Crippen LogP contribution in [0.1, 0.15) is 62.8 Å². The van der Waals surface area contributed by atoms with E-state index in [1.807, 2.05) is 57.2 Å². The number of rotatable bonds is 5. The van der Waals surface area contributed by atoms with Crippen LogP contribution in [0.4, 0.5) is 0 Å². The molecule has 4 nitrogen and oxygen atoms in total. The fourth-order valence-electron chi connectivity index (χ4n) is 3.56. The van der Waals surface area contributed by atoms with Gasteiger partial charge in [0.15, 0.2) is 6.61 Å². The van der Waals surface area contributed by atoms with Crippen LogP contribution < -0.4 is 14.8 Å². The Morgan fingerprint density at radius 1 is 1.26 bits per heavy atom. The van der Waals surface area contributed by atoms with Crippen molar-refractivity contribution in [2.45, 2.75) is 58.6 Å². The number of para-hydroxylation sites is 1. The van der Waals surface area contributed by atoms with E-state index in [0.717, 1.165) is 34.6 Å². The molecule has 1 atom stereocenters. The maximum Gasteiger partial charge on any atom is 0.258 e. The fraction of sp³-hybridized carbons (Fsp3) is 0.435. The van der Waals surface area contributed by atoms with E-state index < -0.39 is 0 Å². The lowest BCUT2D eigenvalue weighted by Crippen LogP contribution is -2.42. The summed E-state index contributed by atoms with van der Waals surface area (Å²) in [7, 11) is 0. The zero-order valence-electron chi connectivity index (χ0n) is 16.8. The quantitative estimate of drug-likeness (QED) is 0.816. The molecule has 27 heavy (non-hydrogen) atoms. The minimum Gasteiger partial charge on any atom is -0.487 e. The molecule has 1 amide bonds. The molecule has 0 saturated carbocycles. The molecule has 1 N–H and O–H groups in total. The van der Waals surface area contributed by atoms with Crippen LogP contribution in [-0.4, -0.2) is 18.1 Å². The van der Waals surface area contributed by atoms with Crippen LogP contribution in [0.3, 0.4) is 0 Å². The van der Waals surface area contributed by atoms with Crippen molar-refractivity contribution < 1.29 is 14.3 Å². The smallest absolute Gasteiger partial charge is 0.258 e. The Balaban J connectivity index is 1.70. The van der Waals surface area contributed by atoms with Gasteiger partial charge in [-0.2, -0.15) is 0 Å². The van der Waals surface area contributed by atoms with E-state index in [4.69, 9.17) is 9.47 Å². The van der Waals surface area contributed by atoms with Crippen LogP contribution >= 0.6 is 0 Å². The number of aryl methyl sites for hydroxylation is 1. The van der Waals surface area contributed by atoms with E-state index in [2.05, 4.69) is 25.2 Å². The molecule has 3 rings (SSSR count). The Labute approximate surface area is 161 Å². The Morgan fingerprint density at radius 2 is 2.00 bits per heavy atom. The molecule has 0 bridgehead atoms. The topological polar surface area (TPSA) is 47.6 Å². The highest BCUT2D eigenvalue weighted by molar-refractivity contribution is 5.78. The lowest BCUT2D eigenvalue weighted by atomic mass is 9.89. The zero-order valence-corrected chi connectivity index (χ0v) is 16.8. The summed E-state index contributed by atoms with van der Waals surface area (Å²) in [4.78, 5) is 12.6. The Kier molecular flexibility index (Phi) is 5.45. The van der Waals surface area contributed by atoms with Gasteiger partial charge >= 0.3 is 0 Å². The summed E-state index contributed by atoms with van der Waals surface area (Å²) in [5.41, 5.74) is 2.95. The molecule has 0 aliphatic carbocycles. The summed E-state index contributed by atoms with van der Waals surface area (Å²) in [5.74, 6) is 1.84. The standard InChI is InChI=1S/C23H29NO3/c1-15(2)17-8-6-7-9-20(17)26-14-22(25)24-19-13-23(4,5)27-21-12-16(3)10-11-18(19)21/h6-12,15,19H,13-14H2,1-5H3,(H,24,25). The summed E-state index contributed by atoms with van der Waals surface area (Å²) in [6, 6.07) is 13.9. The minimum absolute atomic E-state index is 0.00269. The van der Waals surface area contributed by atoms with Crippen LogP contribution in [0.15, 0.2) is 42.5 Å². The van der Waals surface area contributed by atoms with Crippen molar-refractivity contribution >= 4 is 5.91 Å². The molecule has 2 aromatic carbocycles. The van der Waals surface area contributed by atoms with Gasteiger partial charge in [-0.3, -0.25) is 4.79 Å². The highest BCUT2D eigenvalue weighted by atomic mass is 16.5. The van der Waals surface area contributed by atoms with Crippen LogP contribution in [-0.2, 0) is 4.79 Å². The van der Waals surface area contributed by atoms with Gasteiger partial charge in [-0.1, -0.05) is 44.2 Å². The van der Waals surface area contributed by atoms with Gasteiger partial charge in [0, 0.05) is 12.0 Å². The van der Waals surface area contributed by atoms with Crippen molar-refractivity contribution in [1.82, 2.24) is 5.32 Å². The van der Waals surface area contributed by atoms with Crippen molar-refractivity contribution in [3.8, 4) is 11.5 Å². The number of carbonyl (C=O) groups excluding carboxylic acids is 1. The minimum atomic E-state index is -0.330. The third kappa shape index (κ3) is 4.62. The second-order valence-electron chi connectivity index (χ2n) is 8.21. The zero-order chi connectivity index (χ0) is 19.6. The summed E-state index contributed by atoms with van der Waals surface area (Å²) in [6.45, 7) is 10.4. The molecule has 0 spiro atoms. The molecular formula is C23H29NO3. The third-order valence-electron chi connectivity index (χ3n) is 4.86. The monoisotopic (exact) mass is 367 g/mol. The molecule has 1 aliphatic heterocycles. The second kappa shape index (κ2) is 7.63. The normalized spacial score (nSPS) is 17.8. The molecule has 2 aromatic rings. The van der Waals surface area contributed by atoms with E-state index in [0.29, 0.717) is 5.92 Å². The molecule has 4 heteroatoms. The number of carbonyl (C=O) groups is 1. The Hall–Kier alpha value is -2.49. The first-order chi connectivity index (χ1) is 12.7. The van der Waals surface area contributed by atoms with Gasteiger partial charge in [0.2, 0.25) is 0 Å². The van der Waals surface area contributed by atoms with E-state index in [-0.39, 0.29) is 24.2 Å². The molecule has 0 fully saturated rings. The van der Waals surface area contributed by atoms with Crippen LogP contribution in [0.25, 0.3) is 0 Å². The van der Waals surface area contributed by atoms with Crippen molar-refractivity contribution in [3.05, 3.63) is 59.2 Å². The van der Waals surface area contributed by atoms with E-state index in [1.165, 1.54) is 0 Å². The Bertz CT molecular complexity index is 826. The molecular weight excluding hydrogens is 338 g/mol. The number of benzene rings is 2. The van der Waals surface area contributed by atoms with Gasteiger partial charge in [0.05, 0.1) is 6.04 Å². The molecule has 1 aliphatic rings. The van der Waals surface area contributed by atoms with Gasteiger partial charge in [-0.25, -0.2) is 0 Å².